The number of aryl methyl sites for hydroxylation is 2. The Bertz CT molecular complexity index is 1080. The lowest BCUT2D eigenvalue weighted by atomic mass is 10.1. The van der Waals surface area contributed by atoms with Crippen molar-refractivity contribution in [1.82, 2.24) is 25.0 Å². The SMILES string of the molecule is Cc1cc(C(=O)NCCn2cnc3ccccc32)c2c(C)noc2n1. The molecule has 0 fully saturated rings. The van der Waals surface area contributed by atoms with Crippen molar-refractivity contribution in [1.29, 1.82) is 0 Å². The van der Waals surface area contributed by atoms with Gasteiger partial charge < -0.3 is 14.4 Å². The maximum Gasteiger partial charge on any atom is 0.258 e. The zero-order valence-electron chi connectivity index (χ0n) is 14.0. The number of para-hydroxylation sites is 2. The third-order valence-electron chi connectivity index (χ3n) is 4.16. The van der Waals surface area contributed by atoms with E-state index in [4.69, 9.17) is 4.52 Å². The number of pyridine rings is 1. The van der Waals surface area contributed by atoms with Crippen molar-refractivity contribution in [2.45, 2.75) is 20.4 Å². The van der Waals surface area contributed by atoms with Gasteiger partial charge in [0, 0.05) is 18.8 Å². The molecule has 4 rings (SSSR count). The highest BCUT2D eigenvalue weighted by Crippen LogP contribution is 2.21. The Kier molecular flexibility index (Phi) is 3.68. The standard InChI is InChI=1S/C18H17N5O2/c1-11-9-13(16-12(2)22-25-18(16)21-11)17(24)19-7-8-23-10-20-14-5-3-4-6-15(14)23/h3-6,9-10H,7-8H2,1-2H3,(H,19,24). The van der Waals surface area contributed by atoms with Crippen LogP contribution in [0.3, 0.4) is 0 Å². The molecule has 0 saturated carbocycles. The lowest BCUT2D eigenvalue weighted by Crippen LogP contribution is -2.27. The molecule has 0 bridgehead atoms. The van der Waals surface area contributed by atoms with Gasteiger partial charge in [0.1, 0.15) is 0 Å². The van der Waals surface area contributed by atoms with Crippen LogP contribution in [0.4, 0.5) is 0 Å². The smallest absolute Gasteiger partial charge is 0.258 e. The maximum atomic E-state index is 12.6. The summed E-state index contributed by atoms with van der Waals surface area (Å²) in [5.74, 6) is -0.161. The summed E-state index contributed by atoms with van der Waals surface area (Å²) in [4.78, 5) is 21.2. The Morgan fingerprint density at radius 3 is 3.00 bits per heavy atom. The summed E-state index contributed by atoms with van der Waals surface area (Å²) in [5, 5.41) is 7.52. The van der Waals surface area contributed by atoms with Crippen LogP contribution in [0.2, 0.25) is 0 Å². The molecule has 1 amide bonds. The van der Waals surface area contributed by atoms with E-state index in [2.05, 4.69) is 20.4 Å². The zero-order chi connectivity index (χ0) is 17.4. The van der Waals surface area contributed by atoms with E-state index >= 15 is 0 Å². The third-order valence-corrected chi connectivity index (χ3v) is 4.16. The van der Waals surface area contributed by atoms with Crippen LogP contribution < -0.4 is 5.32 Å². The first-order chi connectivity index (χ1) is 12.1. The summed E-state index contributed by atoms with van der Waals surface area (Å²) in [7, 11) is 0. The maximum absolute atomic E-state index is 12.6. The molecule has 126 valence electrons. The van der Waals surface area contributed by atoms with Crippen LogP contribution >= 0.6 is 0 Å². The molecule has 0 unspecified atom stereocenters. The van der Waals surface area contributed by atoms with E-state index in [0.29, 0.717) is 35.4 Å². The molecular formula is C18H17N5O2. The number of imidazole rings is 1. The molecule has 1 N–H and O–H groups in total. The lowest BCUT2D eigenvalue weighted by molar-refractivity contribution is 0.0954. The number of carbonyl (C=O) groups excluding carboxylic acids is 1. The first kappa shape index (κ1) is 15.3. The molecule has 0 radical (unpaired) electrons. The number of nitrogens with one attached hydrogen (secondary N) is 1. The normalized spacial score (nSPS) is 11.3. The summed E-state index contributed by atoms with van der Waals surface area (Å²) < 4.78 is 7.20. The van der Waals surface area contributed by atoms with E-state index in [9.17, 15) is 4.79 Å². The van der Waals surface area contributed by atoms with Gasteiger partial charge in [-0.25, -0.2) is 9.97 Å². The molecule has 0 saturated heterocycles. The number of aromatic nitrogens is 4. The number of benzene rings is 1. The Balaban J connectivity index is 1.52. The number of hydrogen-bond acceptors (Lipinski definition) is 5. The minimum Gasteiger partial charge on any atom is -0.350 e. The molecule has 4 aromatic rings. The lowest BCUT2D eigenvalue weighted by Gasteiger charge is -2.08. The Labute approximate surface area is 143 Å². The summed E-state index contributed by atoms with van der Waals surface area (Å²) in [6.45, 7) is 4.76. The zero-order valence-corrected chi connectivity index (χ0v) is 14.0. The molecule has 0 spiro atoms. The second-order valence-electron chi connectivity index (χ2n) is 5.94. The fraction of sp³-hybridized carbons (Fsp3) is 0.222. The minimum absolute atomic E-state index is 0.161. The highest BCUT2D eigenvalue weighted by molar-refractivity contribution is 6.06. The van der Waals surface area contributed by atoms with Gasteiger partial charge in [-0.15, -0.1) is 0 Å². The molecule has 3 aromatic heterocycles. The highest BCUT2D eigenvalue weighted by Gasteiger charge is 2.17. The Morgan fingerprint density at radius 1 is 1.28 bits per heavy atom. The van der Waals surface area contributed by atoms with Crippen LogP contribution in [0.5, 0.6) is 0 Å². The largest absolute Gasteiger partial charge is 0.350 e. The monoisotopic (exact) mass is 335 g/mol. The first-order valence-electron chi connectivity index (χ1n) is 8.05. The molecule has 0 aliphatic carbocycles. The Hall–Kier alpha value is -3.22. The van der Waals surface area contributed by atoms with E-state index < -0.39 is 0 Å². The van der Waals surface area contributed by atoms with E-state index in [-0.39, 0.29) is 5.91 Å². The molecule has 1 aromatic carbocycles. The number of rotatable bonds is 4. The second kappa shape index (κ2) is 6.01. The van der Waals surface area contributed by atoms with E-state index in [1.54, 1.807) is 19.3 Å². The number of carbonyl (C=O) groups is 1. The number of nitrogens with zero attached hydrogens (tertiary/aromatic N) is 4. The number of hydrogen-bond donors (Lipinski definition) is 1. The molecule has 0 aliphatic rings. The average Bonchev–Trinajstić information content (AvgIpc) is 3.18. The fourth-order valence-corrected chi connectivity index (χ4v) is 2.97. The van der Waals surface area contributed by atoms with Crippen molar-refractivity contribution in [3.63, 3.8) is 0 Å². The second-order valence-corrected chi connectivity index (χ2v) is 5.94. The van der Waals surface area contributed by atoms with Gasteiger partial charge in [-0.2, -0.15) is 0 Å². The van der Waals surface area contributed by atoms with E-state index in [1.807, 2.05) is 35.8 Å². The van der Waals surface area contributed by atoms with Crippen molar-refractivity contribution in [2.75, 3.05) is 6.54 Å². The van der Waals surface area contributed by atoms with Crippen molar-refractivity contribution in [3.05, 3.63) is 53.6 Å². The van der Waals surface area contributed by atoms with Crippen molar-refractivity contribution >= 4 is 28.0 Å². The molecule has 7 heteroatoms. The van der Waals surface area contributed by atoms with Gasteiger partial charge in [0.05, 0.1) is 34.0 Å². The Morgan fingerprint density at radius 2 is 2.12 bits per heavy atom. The van der Waals surface area contributed by atoms with Gasteiger partial charge >= 0.3 is 0 Å². The molecule has 0 atom stereocenters. The van der Waals surface area contributed by atoms with Crippen LogP contribution in [0.1, 0.15) is 21.7 Å². The van der Waals surface area contributed by atoms with Crippen LogP contribution in [-0.2, 0) is 6.54 Å². The molecule has 0 aliphatic heterocycles. The first-order valence-corrected chi connectivity index (χ1v) is 8.05. The average molecular weight is 335 g/mol. The summed E-state index contributed by atoms with van der Waals surface area (Å²) in [5.41, 5.74) is 4.30. The minimum atomic E-state index is -0.161. The van der Waals surface area contributed by atoms with Crippen LogP contribution in [0.25, 0.3) is 22.1 Å². The van der Waals surface area contributed by atoms with Gasteiger partial charge in [0.15, 0.2) is 0 Å². The third kappa shape index (κ3) is 2.73. The van der Waals surface area contributed by atoms with Crippen LogP contribution in [0, 0.1) is 13.8 Å². The molecular weight excluding hydrogens is 318 g/mol. The fourth-order valence-electron chi connectivity index (χ4n) is 2.97. The summed E-state index contributed by atoms with van der Waals surface area (Å²) >= 11 is 0. The van der Waals surface area contributed by atoms with E-state index in [0.717, 1.165) is 16.7 Å². The van der Waals surface area contributed by atoms with Crippen molar-refractivity contribution in [3.8, 4) is 0 Å². The predicted molar refractivity (Wildman–Crippen MR) is 93.3 cm³/mol. The van der Waals surface area contributed by atoms with Crippen LogP contribution in [0.15, 0.2) is 41.2 Å². The van der Waals surface area contributed by atoms with Gasteiger partial charge in [-0.1, -0.05) is 17.3 Å². The van der Waals surface area contributed by atoms with Gasteiger partial charge in [-0.05, 0) is 32.0 Å². The predicted octanol–water partition coefficient (Wildman–Crippen LogP) is 2.62. The van der Waals surface area contributed by atoms with Gasteiger partial charge in [-0.3, -0.25) is 4.79 Å². The van der Waals surface area contributed by atoms with Gasteiger partial charge in [0.25, 0.3) is 11.6 Å². The summed E-state index contributed by atoms with van der Waals surface area (Å²) in [6.07, 6.45) is 1.79. The number of amides is 1. The quantitative estimate of drug-likeness (QED) is 0.619. The number of fused-ring (bicyclic) bond motifs is 2. The topological polar surface area (TPSA) is 85.8 Å². The summed E-state index contributed by atoms with van der Waals surface area (Å²) in [6, 6.07) is 9.68. The highest BCUT2D eigenvalue weighted by atomic mass is 16.5. The molecule has 7 nitrogen and oxygen atoms in total. The molecule has 25 heavy (non-hydrogen) atoms. The van der Waals surface area contributed by atoms with Crippen molar-refractivity contribution in [2.24, 2.45) is 0 Å². The van der Waals surface area contributed by atoms with Gasteiger partial charge in [0.2, 0.25) is 0 Å². The van der Waals surface area contributed by atoms with Crippen molar-refractivity contribution < 1.29 is 9.32 Å². The molecule has 3 heterocycles. The van der Waals surface area contributed by atoms with E-state index in [1.165, 1.54) is 0 Å². The van der Waals surface area contributed by atoms with Crippen LogP contribution in [-0.4, -0.2) is 32.1 Å².